The lowest BCUT2D eigenvalue weighted by Crippen LogP contribution is -1.95. The van der Waals surface area contributed by atoms with Gasteiger partial charge in [-0.15, -0.1) is 0 Å². The minimum atomic E-state index is -0.475. The monoisotopic (exact) mass is 283 g/mol. The number of carbonyl (C=O) groups is 1. The first-order valence-electron chi connectivity index (χ1n) is 6.21. The van der Waals surface area contributed by atoms with Gasteiger partial charge in [0.05, 0.1) is 17.6 Å². The van der Waals surface area contributed by atoms with E-state index in [1.807, 2.05) is 0 Å². The summed E-state index contributed by atoms with van der Waals surface area (Å²) in [4.78, 5) is 22.4. The van der Waals surface area contributed by atoms with Gasteiger partial charge in [0.25, 0.3) is 5.69 Å². The summed E-state index contributed by atoms with van der Waals surface area (Å²) in [5, 5.41) is 10.9. The summed E-state index contributed by atoms with van der Waals surface area (Å²) in [6, 6.07) is 12.9. The SMILES string of the molecule is COc1ccc(C(=O)/C=C/c2ccccc2[N+](=O)[O-])cc1. The fourth-order valence-electron chi connectivity index (χ4n) is 1.81. The van der Waals surface area contributed by atoms with Gasteiger partial charge in [0.1, 0.15) is 5.75 Å². The molecule has 106 valence electrons. The number of ether oxygens (including phenoxy) is 1. The first kappa shape index (κ1) is 14.5. The summed E-state index contributed by atoms with van der Waals surface area (Å²) < 4.78 is 5.02. The molecule has 0 aliphatic heterocycles. The van der Waals surface area contributed by atoms with Crippen LogP contribution in [0.5, 0.6) is 5.75 Å². The van der Waals surface area contributed by atoms with Gasteiger partial charge in [-0.1, -0.05) is 12.1 Å². The number of para-hydroxylation sites is 1. The molecule has 2 aromatic carbocycles. The highest BCUT2D eigenvalue weighted by Gasteiger charge is 2.10. The van der Waals surface area contributed by atoms with Gasteiger partial charge in [0.15, 0.2) is 5.78 Å². The Balaban J connectivity index is 2.20. The van der Waals surface area contributed by atoms with Crippen LogP contribution in [0, 0.1) is 10.1 Å². The van der Waals surface area contributed by atoms with Crippen molar-refractivity contribution in [2.75, 3.05) is 7.11 Å². The molecule has 0 N–H and O–H groups in total. The number of benzene rings is 2. The fraction of sp³-hybridized carbons (Fsp3) is 0.0625. The second-order valence-electron chi connectivity index (χ2n) is 4.24. The molecule has 0 bridgehead atoms. The zero-order valence-electron chi connectivity index (χ0n) is 11.4. The van der Waals surface area contributed by atoms with Gasteiger partial charge in [-0.2, -0.15) is 0 Å². The van der Waals surface area contributed by atoms with E-state index >= 15 is 0 Å². The molecule has 5 nitrogen and oxygen atoms in total. The Bertz CT molecular complexity index is 690. The molecular weight excluding hydrogens is 270 g/mol. The number of rotatable bonds is 5. The second-order valence-corrected chi connectivity index (χ2v) is 4.24. The zero-order valence-corrected chi connectivity index (χ0v) is 11.4. The highest BCUT2D eigenvalue weighted by molar-refractivity contribution is 6.07. The van der Waals surface area contributed by atoms with Crippen LogP contribution in [0.25, 0.3) is 6.08 Å². The second kappa shape index (κ2) is 6.47. The van der Waals surface area contributed by atoms with Crippen LogP contribution in [0.2, 0.25) is 0 Å². The summed E-state index contributed by atoms with van der Waals surface area (Å²) in [7, 11) is 1.55. The van der Waals surface area contributed by atoms with Crippen LogP contribution in [0.3, 0.4) is 0 Å². The molecule has 0 heterocycles. The van der Waals surface area contributed by atoms with Crippen molar-refractivity contribution in [1.82, 2.24) is 0 Å². The molecule has 0 aliphatic rings. The summed E-state index contributed by atoms with van der Waals surface area (Å²) in [6.07, 6.45) is 2.77. The van der Waals surface area contributed by atoms with Gasteiger partial charge in [-0.25, -0.2) is 0 Å². The van der Waals surface area contributed by atoms with E-state index in [2.05, 4.69) is 0 Å². The molecule has 2 rings (SSSR count). The first-order valence-corrected chi connectivity index (χ1v) is 6.21. The minimum Gasteiger partial charge on any atom is -0.497 e. The van der Waals surface area contributed by atoms with Crippen LogP contribution >= 0.6 is 0 Å². The number of nitro groups is 1. The lowest BCUT2D eigenvalue weighted by Gasteiger charge is -2.00. The minimum absolute atomic E-state index is 0.0312. The van der Waals surface area contributed by atoms with Crippen molar-refractivity contribution in [3.05, 3.63) is 75.8 Å². The molecule has 0 fully saturated rings. The van der Waals surface area contributed by atoms with E-state index < -0.39 is 4.92 Å². The molecule has 0 unspecified atom stereocenters. The maximum absolute atomic E-state index is 12.0. The smallest absolute Gasteiger partial charge is 0.276 e. The van der Waals surface area contributed by atoms with E-state index in [4.69, 9.17) is 4.74 Å². The molecule has 0 radical (unpaired) electrons. The maximum Gasteiger partial charge on any atom is 0.276 e. The lowest BCUT2D eigenvalue weighted by atomic mass is 10.1. The molecule has 0 aliphatic carbocycles. The van der Waals surface area contributed by atoms with E-state index in [1.165, 1.54) is 18.2 Å². The Morgan fingerprint density at radius 2 is 1.81 bits per heavy atom. The Kier molecular flexibility index (Phi) is 4.46. The van der Waals surface area contributed by atoms with Crippen molar-refractivity contribution in [3.8, 4) is 5.75 Å². The average molecular weight is 283 g/mol. The van der Waals surface area contributed by atoms with Crippen LogP contribution in [-0.4, -0.2) is 17.8 Å². The molecule has 2 aromatic rings. The Morgan fingerprint density at radius 1 is 1.14 bits per heavy atom. The van der Waals surface area contributed by atoms with Gasteiger partial charge in [-0.05, 0) is 42.5 Å². The van der Waals surface area contributed by atoms with Crippen LogP contribution in [-0.2, 0) is 0 Å². The normalized spacial score (nSPS) is 10.5. The first-order chi connectivity index (χ1) is 10.1. The Labute approximate surface area is 121 Å². The largest absolute Gasteiger partial charge is 0.497 e. The molecule has 0 aromatic heterocycles. The van der Waals surface area contributed by atoms with Crippen molar-refractivity contribution >= 4 is 17.5 Å². The van der Waals surface area contributed by atoms with E-state index in [9.17, 15) is 14.9 Å². The molecule has 0 atom stereocenters. The summed E-state index contributed by atoms with van der Waals surface area (Å²) in [5.74, 6) is 0.435. The zero-order chi connectivity index (χ0) is 15.2. The number of methoxy groups -OCH3 is 1. The fourth-order valence-corrected chi connectivity index (χ4v) is 1.81. The molecule has 21 heavy (non-hydrogen) atoms. The van der Waals surface area contributed by atoms with Gasteiger partial charge in [0, 0.05) is 11.6 Å². The number of nitro benzene ring substituents is 1. The van der Waals surface area contributed by atoms with E-state index in [0.29, 0.717) is 16.9 Å². The molecule has 0 spiro atoms. The Hall–Kier alpha value is -2.95. The van der Waals surface area contributed by atoms with Gasteiger partial charge < -0.3 is 4.74 Å². The van der Waals surface area contributed by atoms with Crippen molar-refractivity contribution < 1.29 is 14.5 Å². The van der Waals surface area contributed by atoms with E-state index in [0.717, 1.165) is 0 Å². The average Bonchev–Trinajstić information content (AvgIpc) is 2.52. The summed E-state index contributed by atoms with van der Waals surface area (Å²) in [5.41, 5.74) is 0.853. The third-order valence-corrected chi connectivity index (χ3v) is 2.92. The van der Waals surface area contributed by atoms with Crippen molar-refractivity contribution in [2.24, 2.45) is 0 Å². The Morgan fingerprint density at radius 3 is 2.43 bits per heavy atom. The third-order valence-electron chi connectivity index (χ3n) is 2.92. The number of hydrogen-bond acceptors (Lipinski definition) is 4. The molecule has 0 amide bonds. The quantitative estimate of drug-likeness (QED) is 0.364. The third kappa shape index (κ3) is 3.54. The van der Waals surface area contributed by atoms with Crippen molar-refractivity contribution in [2.45, 2.75) is 0 Å². The predicted molar refractivity (Wildman–Crippen MR) is 79.5 cm³/mol. The van der Waals surface area contributed by atoms with Crippen LogP contribution in [0.1, 0.15) is 15.9 Å². The highest BCUT2D eigenvalue weighted by Crippen LogP contribution is 2.19. The lowest BCUT2D eigenvalue weighted by molar-refractivity contribution is -0.385. The number of carbonyl (C=O) groups excluding carboxylic acids is 1. The number of ketones is 1. The highest BCUT2D eigenvalue weighted by atomic mass is 16.6. The number of hydrogen-bond donors (Lipinski definition) is 0. The molecule has 0 saturated heterocycles. The topological polar surface area (TPSA) is 69.4 Å². The van der Waals surface area contributed by atoms with Gasteiger partial charge in [-0.3, -0.25) is 14.9 Å². The molecule has 5 heteroatoms. The molecule has 0 saturated carbocycles. The van der Waals surface area contributed by atoms with Crippen LogP contribution in [0.15, 0.2) is 54.6 Å². The van der Waals surface area contributed by atoms with Crippen LogP contribution < -0.4 is 4.74 Å². The van der Waals surface area contributed by atoms with Crippen molar-refractivity contribution in [1.29, 1.82) is 0 Å². The molecular formula is C16H13NO4. The van der Waals surface area contributed by atoms with Gasteiger partial charge >= 0.3 is 0 Å². The predicted octanol–water partition coefficient (Wildman–Crippen LogP) is 3.50. The number of allylic oxidation sites excluding steroid dienone is 1. The van der Waals surface area contributed by atoms with Crippen LogP contribution in [0.4, 0.5) is 5.69 Å². The van der Waals surface area contributed by atoms with Crippen molar-refractivity contribution in [3.63, 3.8) is 0 Å². The standard InChI is InChI=1S/C16H13NO4/c1-21-14-9-6-13(7-10-14)16(18)11-8-12-4-2-3-5-15(12)17(19)20/h2-11H,1H3/b11-8+. The van der Waals surface area contributed by atoms with E-state index in [1.54, 1.807) is 49.6 Å². The van der Waals surface area contributed by atoms with Gasteiger partial charge in [0.2, 0.25) is 0 Å². The number of nitrogens with zero attached hydrogens (tertiary/aromatic N) is 1. The summed E-state index contributed by atoms with van der Waals surface area (Å²) >= 11 is 0. The maximum atomic E-state index is 12.0. The van der Waals surface area contributed by atoms with E-state index in [-0.39, 0.29) is 11.5 Å². The summed E-state index contributed by atoms with van der Waals surface area (Å²) in [6.45, 7) is 0.